The van der Waals surface area contributed by atoms with Gasteiger partial charge in [0.1, 0.15) is 0 Å². The zero-order chi connectivity index (χ0) is 11.2. The number of allylic oxidation sites excluding steroid dienone is 2. The Morgan fingerprint density at radius 3 is 2.59 bits per heavy atom. The molecule has 0 saturated carbocycles. The van der Waals surface area contributed by atoms with Crippen LogP contribution in [0.25, 0.3) is 0 Å². The summed E-state index contributed by atoms with van der Waals surface area (Å²) in [5.41, 5.74) is 4.87. The van der Waals surface area contributed by atoms with Crippen molar-refractivity contribution in [2.75, 3.05) is 13.1 Å². The van der Waals surface area contributed by atoms with Gasteiger partial charge in [-0.05, 0) is 42.7 Å². The zero-order valence-corrected chi connectivity index (χ0v) is 10.2. The van der Waals surface area contributed by atoms with Gasteiger partial charge in [0.05, 0.1) is 0 Å². The van der Waals surface area contributed by atoms with Crippen molar-refractivity contribution in [1.82, 2.24) is 4.90 Å². The Hall–Kier alpha value is -1.24. The number of hydrogen-bond donors (Lipinski definition) is 0. The van der Waals surface area contributed by atoms with Crippen molar-refractivity contribution in [3.63, 3.8) is 0 Å². The van der Waals surface area contributed by atoms with E-state index < -0.39 is 0 Å². The van der Waals surface area contributed by atoms with Crippen molar-refractivity contribution in [2.24, 2.45) is 0 Å². The molecule has 0 N–H and O–H groups in total. The predicted octanol–water partition coefficient (Wildman–Crippen LogP) is 3.64. The Kier molecular flexibility index (Phi) is 2.08. The van der Waals surface area contributed by atoms with E-state index in [9.17, 15) is 0 Å². The lowest BCUT2D eigenvalue weighted by molar-refractivity contribution is 0.380. The molecule has 88 valence electrons. The summed E-state index contributed by atoms with van der Waals surface area (Å²) < 4.78 is 0. The van der Waals surface area contributed by atoms with Gasteiger partial charge in [0, 0.05) is 24.7 Å². The van der Waals surface area contributed by atoms with E-state index in [0.717, 1.165) is 5.92 Å². The molecule has 4 rings (SSSR count). The van der Waals surface area contributed by atoms with Gasteiger partial charge in [0.15, 0.2) is 0 Å². The summed E-state index contributed by atoms with van der Waals surface area (Å²) in [5.74, 6) is 1.51. The normalized spacial score (nSPS) is 30.4. The first-order valence-electron chi connectivity index (χ1n) is 6.96. The van der Waals surface area contributed by atoms with E-state index in [1.54, 1.807) is 16.8 Å². The average molecular weight is 225 g/mol. The quantitative estimate of drug-likeness (QED) is 0.705. The topological polar surface area (TPSA) is 3.24 Å². The Labute approximate surface area is 103 Å². The van der Waals surface area contributed by atoms with Crippen molar-refractivity contribution in [3.8, 4) is 0 Å². The summed E-state index contributed by atoms with van der Waals surface area (Å²) in [6, 6.07) is 9.09. The van der Waals surface area contributed by atoms with Crippen LogP contribution in [-0.4, -0.2) is 18.0 Å². The number of fused-ring (bicyclic) bond motifs is 5. The highest BCUT2D eigenvalue weighted by Gasteiger charge is 2.35. The van der Waals surface area contributed by atoms with Gasteiger partial charge in [0.2, 0.25) is 0 Å². The minimum atomic E-state index is 0.709. The van der Waals surface area contributed by atoms with Crippen LogP contribution < -0.4 is 0 Å². The van der Waals surface area contributed by atoms with Crippen LogP contribution in [0.5, 0.6) is 0 Å². The molecule has 1 saturated heterocycles. The molecule has 2 atom stereocenters. The molecule has 0 aromatic heterocycles. The molecule has 1 nitrogen and oxygen atoms in total. The molecular formula is C16H19N. The van der Waals surface area contributed by atoms with Crippen molar-refractivity contribution in [2.45, 2.75) is 37.5 Å². The van der Waals surface area contributed by atoms with E-state index >= 15 is 0 Å². The van der Waals surface area contributed by atoms with Crippen LogP contribution in [-0.2, 0) is 0 Å². The van der Waals surface area contributed by atoms with Crippen LogP contribution in [0.2, 0.25) is 0 Å². The second-order valence-corrected chi connectivity index (χ2v) is 5.72. The highest BCUT2D eigenvalue weighted by Crippen LogP contribution is 2.50. The van der Waals surface area contributed by atoms with Crippen LogP contribution in [0, 0.1) is 0 Å². The van der Waals surface area contributed by atoms with E-state index in [0.29, 0.717) is 5.92 Å². The first-order valence-corrected chi connectivity index (χ1v) is 6.96. The number of rotatable bonds is 1. The Balaban J connectivity index is 1.69. The van der Waals surface area contributed by atoms with E-state index in [1.165, 1.54) is 38.8 Å². The summed E-state index contributed by atoms with van der Waals surface area (Å²) in [6.45, 7) is 2.59. The Bertz CT molecular complexity index is 468. The van der Waals surface area contributed by atoms with Crippen molar-refractivity contribution >= 4 is 0 Å². The fourth-order valence-corrected chi connectivity index (χ4v) is 3.92. The van der Waals surface area contributed by atoms with E-state index in [2.05, 4.69) is 35.2 Å². The van der Waals surface area contributed by atoms with E-state index in [1.807, 2.05) is 0 Å². The summed E-state index contributed by atoms with van der Waals surface area (Å²) >= 11 is 0. The smallest absolute Gasteiger partial charge is 0.0175 e. The summed E-state index contributed by atoms with van der Waals surface area (Å²) in [5, 5.41) is 0. The van der Waals surface area contributed by atoms with Gasteiger partial charge in [-0.3, -0.25) is 0 Å². The summed E-state index contributed by atoms with van der Waals surface area (Å²) in [7, 11) is 0. The summed E-state index contributed by atoms with van der Waals surface area (Å²) in [4.78, 5) is 2.63. The lowest BCUT2D eigenvalue weighted by Gasteiger charge is -2.28. The molecule has 0 unspecified atom stereocenters. The van der Waals surface area contributed by atoms with Gasteiger partial charge in [-0.15, -0.1) is 0 Å². The Morgan fingerprint density at radius 2 is 1.76 bits per heavy atom. The van der Waals surface area contributed by atoms with Gasteiger partial charge in [-0.25, -0.2) is 0 Å². The molecule has 1 heteroatoms. The largest absolute Gasteiger partial charge is 0.375 e. The molecule has 2 aliphatic carbocycles. The van der Waals surface area contributed by atoms with Crippen LogP contribution in [0.4, 0.5) is 0 Å². The molecule has 0 amide bonds. The molecule has 1 aromatic carbocycles. The maximum atomic E-state index is 2.63. The van der Waals surface area contributed by atoms with Gasteiger partial charge in [-0.2, -0.15) is 0 Å². The first kappa shape index (κ1) is 9.76. The maximum Gasteiger partial charge on any atom is 0.0175 e. The highest BCUT2D eigenvalue weighted by atomic mass is 15.1. The third-order valence-corrected chi connectivity index (χ3v) is 4.74. The monoisotopic (exact) mass is 225 g/mol. The number of benzene rings is 1. The average Bonchev–Trinajstić information content (AvgIpc) is 2.99. The van der Waals surface area contributed by atoms with Gasteiger partial charge in [-0.1, -0.05) is 30.3 Å². The second kappa shape index (κ2) is 3.63. The fourth-order valence-electron chi connectivity index (χ4n) is 3.92. The number of likely N-dealkylation sites (tertiary alicyclic amines) is 1. The minimum Gasteiger partial charge on any atom is -0.375 e. The Morgan fingerprint density at radius 1 is 1.00 bits per heavy atom. The lowest BCUT2D eigenvalue weighted by atomic mass is 9.90. The van der Waals surface area contributed by atoms with E-state index in [-0.39, 0.29) is 0 Å². The first-order chi connectivity index (χ1) is 8.42. The second-order valence-electron chi connectivity index (χ2n) is 5.72. The van der Waals surface area contributed by atoms with Crippen molar-refractivity contribution < 1.29 is 0 Å². The highest BCUT2D eigenvalue weighted by molar-refractivity contribution is 5.44. The molecule has 17 heavy (non-hydrogen) atoms. The standard InChI is InChI=1S/C16H19N/c1-2-6-16-13-9-12(15(16)5-1)10-14(11-13)17-7-3-4-8-17/h1-2,5-6,10,12-13H,3-4,7-9,11H2/t12-,13-/m1/s1. The SMILES string of the molecule is C1=C(N2CCCC2)C[C@H]2C[C@H]1c1ccccc12. The van der Waals surface area contributed by atoms with Gasteiger partial charge >= 0.3 is 0 Å². The molecule has 0 spiro atoms. The predicted molar refractivity (Wildman–Crippen MR) is 70.0 cm³/mol. The molecule has 3 aliphatic rings. The molecular weight excluding hydrogens is 206 g/mol. The molecule has 1 aromatic rings. The van der Waals surface area contributed by atoms with Gasteiger partial charge < -0.3 is 4.90 Å². The van der Waals surface area contributed by atoms with Crippen LogP contribution in [0.15, 0.2) is 36.0 Å². The van der Waals surface area contributed by atoms with Crippen molar-refractivity contribution in [1.29, 1.82) is 0 Å². The number of hydrogen-bond acceptors (Lipinski definition) is 1. The van der Waals surface area contributed by atoms with Crippen molar-refractivity contribution in [3.05, 3.63) is 47.2 Å². The third-order valence-electron chi connectivity index (χ3n) is 4.74. The maximum absolute atomic E-state index is 2.63. The fraction of sp³-hybridized carbons (Fsp3) is 0.500. The lowest BCUT2D eigenvalue weighted by Crippen LogP contribution is -2.22. The third kappa shape index (κ3) is 1.45. The number of nitrogens with zero attached hydrogens (tertiary/aromatic N) is 1. The van der Waals surface area contributed by atoms with Gasteiger partial charge in [0.25, 0.3) is 0 Å². The molecule has 0 radical (unpaired) electrons. The molecule has 1 fully saturated rings. The molecule has 2 bridgehead atoms. The minimum absolute atomic E-state index is 0.709. The molecule has 1 aliphatic heterocycles. The zero-order valence-electron chi connectivity index (χ0n) is 10.2. The van der Waals surface area contributed by atoms with E-state index in [4.69, 9.17) is 0 Å². The van der Waals surface area contributed by atoms with Crippen LogP contribution in [0.1, 0.15) is 48.6 Å². The summed E-state index contributed by atoms with van der Waals surface area (Å²) in [6.07, 6.45) is 7.98. The van der Waals surface area contributed by atoms with Crippen LogP contribution >= 0.6 is 0 Å². The molecule has 1 heterocycles. The van der Waals surface area contributed by atoms with Crippen LogP contribution in [0.3, 0.4) is 0 Å².